The van der Waals surface area contributed by atoms with Gasteiger partial charge in [-0.2, -0.15) is 0 Å². The molecular formula is C21H32ClIN4O2. The van der Waals surface area contributed by atoms with Gasteiger partial charge in [-0.25, -0.2) is 0 Å². The first kappa shape index (κ1) is 24.2. The zero-order chi connectivity index (χ0) is 20.0. The summed E-state index contributed by atoms with van der Waals surface area (Å²) in [5.74, 6) is 1.07. The predicted octanol–water partition coefficient (Wildman–Crippen LogP) is 3.14. The number of amides is 1. The van der Waals surface area contributed by atoms with E-state index in [0.29, 0.717) is 6.54 Å². The molecule has 1 amide bonds. The van der Waals surface area contributed by atoms with Crippen molar-refractivity contribution >= 4 is 47.4 Å². The lowest BCUT2D eigenvalue weighted by molar-refractivity contribution is -0.130. The SMILES string of the molecule is CCNC(=NCC1(c2cccc(Cl)c2)CCOCC1)N1CCN(C(C)=O)CC1.I. The summed E-state index contributed by atoms with van der Waals surface area (Å²) in [6, 6.07) is 8.16. The Morgan fingerprint density at radius 3 is 2.45 bits per heavy atom. The Labute approximate surface area is 196 Å². The lowest BCUT2D eigenvalue weighted by Gasteiger charge is -2.39. The molecule has 29 heavy (non-hydrogen) atoms. The molecule has 6 nitrogen and oxygen atoms in total. The lowest BCUT2D eigenvalue weighted by Crippen LogP contribution is -2.53. The van der Waals surface area contributed by atoms with Gasteiger partial charge in [0.1, 0.15) is 0 Å². The molecule has 2 heterocycles. The van der Waals surface area contributed by atoms with Crippen molar-refractivity contribution in [3.05, 3.63) is 34.9 Å². The van der Waals surface area contributed by atoms with Gasteiger partial charge in [-0.15, -0.1) is 24.0 Å². The molecule has 2 aliphatic rings. The molecular weight excluding hydrogens is 503 g/mol. The van der Waals surface area contributed by atoms with Crippen molar-refractivity contribution in [1.29, 1.82) is 0 Å². The van der Waals surface area contributed by atoms with E-state index in [-0.39, 0.29) is 35.3 Å². The molecule has 1 aromatic carbocycles. The van der Waals surface area contributed by atoms with Gasteiger partial charge in [0, 0.05) is 63.3 Å². The number of rotatable bonds is 4. The maximum atomic E-state index is 11.6. The third kappa shape index (κ3) is 6.21. The Morgan fingerprint density at radius 1 is 1.21 bits per heavy atom. The number of hydrogen-bond donors (Lipinski definition) is 1. The number of nitrogens with one attached hydrogen (secondary N) is 1. The highest BCUT2D eigenvalue weighted by Crippen LogP contribution is 2.36. The number of hydrogen-bond acceptors (Lipinski definition) is 3. The molecule has 0 radical (unpaired) electrons. The minimum absolute atomic E-state index is 0. The Bertz CT molecular complexity index is 702. The van der Waals surface area contributed by atoms with Crippen LogP contribution in [-0.4, -0.2) is 74.1 Å². The quantitative estimate of drug-likeness (QED) is 0.366. The van der Waals surface area contributed by atoms with Crippen molar-refractivity contribution in [1.82, 2.24) is 15.1 Å². The Morgan fingerprint density at radius 2 is 1.86 bits per heavy atom. The predicted molar refractivity (Wildman–Crippen MR) is 128 cm³/mol. The molecule has 2 fully saturated rings. The smallest absolute Gasteiger partial charge is 0.219 e. The maximum Gasteiger partial charge on any atom is 0.219 e. The van der Waals surface area contributed by atoms with E-state index in [9.17, 15) is 4.79 Å². The van der Waals surface area contributed by atoms with Crippen LogP contribution in [0.1, 0.15) is 32.3 Å². The molecule has 0 saturated carbocycles. The van der Waals surface area contributed by atoms with E-state index in [2.05, 4.69) is 29.3 Å². The van der Waals surface area contributed by atoms with E-state index < -0.39 is 0 Å². The van der Waals surface area contributed by atoms with Crippen LogP contribution in [0.5, 0.6) is 0 Å². The maximum absolute atomic E-state index is 11.6. The van der Waals surface area contributed by atoms with Crippen LogP contribution in [0.4, 0.5) is 0 Å². The van der Waals surface area contributed by atoms with Gasteiger partial charge in [-0.3, -0.25) is 9.79 Å². The number of carbonyl (C=O) groups is 1. The first-order valence-electron chi connectivity index (χ1n) is 10.2. The number of aliphatic imine (C=N–C) groups is 1. The summed E-state index contributed by atoms with van der Waals surface area (Å²) in [5, 5.41) is 4.19. The second-order valence-corrected chi connectivity index (χ2v) is 8.00. The molecule has 3 rings (SSSR count). The summed E-state index contributed by atoms with van der Waals surface area (Å²) in [6.07, 6.45) is 1.88. The third-order valence-corrected chi connectivity index (χ3v) is 6.01. The van der Waals surface area contributed by atoms with Crippen LogP contribution in [0.3, 0.4) is 0 Å². The summed E-state index contributed by atoms with van der Waals surface area (Å²) < 4.78 is 5.64. The van der Waals surface area contributed by atoms with Crippen LogP contribution in [0.15, 0.2) is 29.3 Å². The first-order chi connectivity index (χ1) is 13.5. The van der Waals surface area contributed by atoms with Gasteiger partial charge in [0.2, 0.25) is 5.91 Å². The third-order valence-electron chi connectivity index (χ3n) is 5.78. The first-order valence-corrected chi connectivity index (χ1v) is 10.5. The van der Waals surface area contributed by atoms with Crippen molar-refractivity contribution in [2.24, 2.45) is 4.99 Å². The highest BCUT2D eigenvalue weighted by atomic mass is 127. The average molecular weight is 535 g/mol. The zero-order valence-corrected chi connectivity index (χ0v) is 20.4. The van der Waals surface area contributed by atoms with Crippen LogP contribution >= 0.6 is 35.6 Å². The molecule has 0 spiro atoms. The molecule has 2 saturated heterocycles. The van der Waals surface area contributed by atoms with E-state index >= 15 is 0 Å². The van der Waals surface area contributed by atoms with Gasteiger partial charge in [-0.1, -0.05) is 23.7 Å². The fraction of sp³-hybridized carbons (Fsp3) is 0.619. The van der Waals surface area contributed by atoms with Crippen molar-refractivity contribution in [3.8, 4) is 0 Å². The van der Waals surface area contributed by atoms with Gasteiger partial charge in [0.15, 0.2) is 5.96 Å². The number of halogens is 2. The van der Waals surface area contributed by atoms with E-state index in [1.165, 1.54) is 5.56 Å². The fourth-order valence-electron chi connectivity index (χ4n) is 4.00. The van der Waals surface area contributed by atoms with E-state index in [4.69, 9.17) is 21.3 Å². The number of carbonyl (C=O) groups excluding carboxylic acids is 1. The number of guanidine groups is 1. The van der Waals surface area contributed by atoms with Gasteiger partial charge >= 0.3 is 0 Å². The van der Waals surface area contributed by atoms with Crippen LogP contribution < -0.4 is 5.32 Å². The largest absolute Gasteiger partial charge is 0.381 e. The van der Waals surface area contributed by atoms with Crippen molar-refractivity contribution in [3.63, 3.8) is 0 Å². The zero-order valence-electron chi connectivity index (χ0n) is 17.3. The Kier molecular flexibility index (Phi) is 9.49. The topological polar surface area (TPSA) is 57.2 Å². The monoisotopic (exact) mass is 534 g/mol. The minimum Gasteiger partial charge on any atom is -0.381 e. The van der Waals surface area contributed by atoms with Gasteiger partial charge in [0.25, 0.3) is 0 Å². The second-order valence-electron chi connectivity index (χ2n) is 7.57. The second kappa shape index (κ2) is 11.4. The van der Waals surface area contributed by atoms with Gasteiger partial charge in [-0.05, 0) is 37.5 Å². The lowest BCUT2D eigenvalue weighted by atomic mass is 9.74. The summed E-state index contributed by atoms with van der Waals surface area (Å²) in [4.78, 5) is 20.8. The summed E-state index contributed by atoms with van der Waals surface area (Å²) >= 11 is 6.28. The Balaban J connectivity index is 0.00000300. The highest BCUT2D eigenvalue weighted by molar-refractivity contribution is 14.0. The molecule has 162 valence electrons. The molecule has 0 aromatic heterocycles. The van der Waals surface area contributed by atoms with E-state index in [1.807, 2.05) is 17.0 Å². The molecule has 1 aromatic rings. The summed E-state index contributed by atoms with van der Waals surface area (Å²) in [5.41, 5.74) is 1.19. The Hall–Kier alpha value is -1.06. The van der Waals surface area contributed by atoms with Crippen molar-refractivity contribution in [2.75, 3.05) is 52.5 Å². The molecule has 0 atom stereocenters. The van der Waals surface area contributed by atoms with Crippen LogP contribution in [0, 0.1) is 0 Å². The normalized spacial score (nSPS) is 19.5. The molecule has 0 aliphatic carbocycles. The van der Waals surface area contributed by atoms with Gasteiger partial charge < -0.3 is 19.9 Å². The minimum atomic E-state index is -0.0506. The molecule has 1 N–H and O–H groups in total. The van der Waals surface area contributed by atoms with Crippen LogP contribution in [0.25, 0.3) is 0 Å². The average Bonchev–Trinajstić information content (AvgIpc) is 2.72. The van der Waals surface area contributed by atoms with E-state index in [0.717, 1.165) is 69.8 Å². The number of nitrogens with zero attached hydrogens (tertiary/aromatic N) is 3. The van der Waals surface area contributed by atoms with Crippen LogP contribution in [-0.2, 0) is 14.9 Å². The van der Waals surface area contributed by atoms with Gasteiger partial charge in [0.05, 0.1) is 6.54 Å². The molecule has 2 aliphatic heterocycles. The summed E-state index contributed by atoms with van der Waals surface area (Å²) in [7, 11) is 0. The van der Waals surface area contributed by atoms with Crippen molar-refractivity contribution < 1.29 is 9.53 Å². The summed E-state index contributed by atoms with van der Waals surface area (Å²) in [6.45, 7) is 9.82. The standard InChI is InChI=1S/C21H31ClN4O2.HI/c1-3-23-20(26-11-9-25(10-12-26)17(2)27)24-16-21(7-13-28-14-8-21)18-5-4-6-19(22)15-18;/h4-6,15H,3,7-14,16H2,1-2H3,(H,23,24);1H. The highest BCUT2D eigenvalue weighted by Gasteiger charge is 2.35. The number of piperazine rings is 1. The van der Waals surface area contributed by atoms with E-state index in [1.54, 1.807) is 6.92 Å². The molecule has 8 heteroatoms. The number of ether oxygens (including phenoxy) is 1. The van der Waals surface area contributed by atoms with Crippen LogP contribution in [0.2, 0.25) is 5.02 Å². The van der Waals surface area contributed by atoms with Crippen molar-refractivity contribution in [2.45, 2.75) is 32.1 Å². The molecule has 0 bridgehead atoms. The number of benzene rings is 1. The fourth-order valence-corrected chi connectivity index (χ4v) is 4.19. The molecule has 0 unspecified atom stereocenters.